The summed E-state index contributed by atoms with van der Waals surface area (Å²) >= 11 is 0. The molecule has 152 valence electrons. The number of terminal acetylenes is 1. The molecule has 2 aromatic carbocycles. The molecule has 0 saturated carbocycles. The maximum absolute atomic E-state index is 12.6. The van der Waals surface area contributed by atoms with Crippen molar-refractivity contribution in [3.8, 4) is 18.1 Å². The largest absolute Gasteiger partial charge is 0.516 e. The van der Waals surface area contributed by atoms with Crippen LogP contribution in [0.3, 0.4) is 0 Å². The molecule has 0 aromatic heterocycles. The van der Waals surface area contributed by atoms with Gasteiger partial charge >= 0.3 is 15.5 Å². The van der Waals surface area contributed by atoms with Crippen LogP contribution in [0.1, 0.15) is 21.5 Å². The van der Waals surface area contributed by atoms with Crippen LogP contribution in [-0.4, -0.2) is 31.3 Å². The number of carbonyl (C=O) groups is 1. The highest BCUT2D eigenvalue weighted by molar-refractivity contribution is 7.93. The average Bonchev–Trinajstić information content (AvgIpc) is 2.96. The summed E-state index contributed by atoms with van der Waals surface area (Å²) in [6.45, 7) is 0.660. The minimum absolute atomic E-state index is 0.0845. The van der Waals surface area contributed by atoms with E-state index in [-0.39, 0.29) is 24.7 Å². The van der Waals surface area contributed by atoms with Crippen molar-refractivity contribution >= 4 is 21.6 Å². The third-order valence-corrected chi connectivity index (χ3v) is 5.28. The van der Waals surface area contributed by atoms with Crippen LogP contribution in [-0.2, 0) is 23.1 Å². The van der Waals surface area contributed by atoms with E-state index in [0.717, 1.165) is 5.56 Å². The number of nitrogens with zero attached hydrogens (tertiary/aromatic N) is 1. The van der Waals surface area contributed by atoms with Gasteiger partial charge in [0.25, 0.3) is 5.91 Å². The molecule has 29 heavy (non-hydrogen) atoms. The number of anilines is 1. The number of halogens is 3. The van der Waals surface area contributed by atoms with Crippen molar-refractivity contribution in [2.75, 3.05) is 11.3 Å². The lowest BCUT2D eigenvalue weighted by atomic mass is 10.1. The molecule has 1 aliphatic rings. The van der Waals surface area contributed by atoms with E-state index in [4.69, 9.17) is 11.2 Å². The number of carbonyl (C=O) groups excluding carboxylic acids is 1. The smallest absolute Gasteiger partial charge is 0.481 e. The summed E-state index contributed by atoms with van der Waals surface area (Å²) in [6, 6.07) is 10.4. The van der Waals surface area contributed by atoms with Crippen molar-refractivity contribution in [2.24, 2.45) is 0 Å². The number of sulfonamides is 1. The highest BCUT2D eigenvalue weighted by atomic mass is 32.2. The summed E-state index contributed by atoms with van der Waals surface area (Å²) in [5.41, 5.74) is -3.68. The van der Waals surface area contributed by atoms with Gasteiger partial charge in [-0.05, 0) is 35.4 Å². The molecule has 0 spiro atoms. The summed E-state index contributed by atoms with van der Waals surface area (Å²) in [4.78, 5) is 14.2. The lowest BCUT2D eigenvalue weighted by Crippen LogP contribution is -2.29. The number of hydrogen-bond acceptors (Lipinski definition) is 4. The molecule has 1 N–H and O–H groups in total. The molecule has 1 aliphatic heterocycles. The number of alkyl halides is 3. The first-order valence-corrected chi connectivity index (χ1v) is 9.75. The van der Waals surface area contributed by atoms with Crippen molar-refractivity contribution < 1.29 is 31.1 Å². The summed E-state index contributed by atoms with van der Waals surface area (Å²) in [7, 11) is -5.48. The molecule has 10 heteroatoms. The number of rotatable bonds is 6. The zero-order chi connectivity index (χ0) is 21.2. The molecule has 1 amide bonds. The Hall–Kier alpha value is -3.19. The molecule has 3 rings (SSSR count). The van der Waals surface area contributed by atoms with Crippen LogP contribution in [0.15, 0.2) is 42.5 Å². The first kappa shape index (κ1) is 20.5. The van der Waals surface area contributed by atoms with Crippen molar-refractivity contribution in [1.82, 2.24) is 4.90 Å². The second-order valence-corrected chi connectivity index (χ2v) is 7.90. The highest BCUT2D eigenvalue weighted by Gasteiger charge is 2.46. The van der Waals surface area contributed by atoms with E-state index < -0.39 is 15.5 Å². The standard InChI is InChI=1S/C19H15F3N2O4S/c1-2-9-28-16-8-5-14-12-24(18(25)17(14)10-16)11-13-3-6-15(7-4-13)23-29(26,27)19(20,21)22/h1,3-8,10,23H,9,11-12H2. The van der Waals surface area contributed by atoms with E-state index in [1.807, 2.05) is 0 Å². The van der Waals surface area contributed by atoms with Gasteiger partial charge in [-0.25, -0.2) is 0 Å². The Balaban J connectivity index is 1.68. The number of nitrogens with one attached hydrogen (secondary N) is 1. The van der Waals surface area contributed by atoms with Gasteiger partial charge < -0.3 is 9.64 Å². The Morgan fingerprint density at radius 3 is 2.48 bits per heavy atom. The Morgan fingerprint density at radius 1 is 1.17 bits per heavy atom. The van der Waals surface area contributed by atoms with Gasteiger partial charge in [0.05, 0.1) is 0 Å². The maximum atomic E-state index is 12.6. The predicted octanol–water partition coefficient (Wildman–Crippen LogP) is 3.12. The summed E-state index contributed by atoms with van der Waals surface area (Å²) in [5.74, 6) is 2.61. The fourth-order valence-corrected chi connectivity index (χ4v) is 3.36. The van der Waals surface area contributed by atoms with Gasteiger partial charge in [-0.2, -0.15) is 21.6 Å². The zero-order valence-corrected chi connectivity index (χ0v) is 15.7. The van der Waals surface area contributed by atoms with Gasteiger partial charge in [-0.1, -0.05) is 24.1 Å². The van der Waals surface area contributed by atoms with Crippen LogP contribution >= 0.6 is 0 Å². The molecule has 6 nitrogen and oxygen atoms in total. The zero-order valence-electron chi connectivity index (χ0n) is 14.9. The normalized spacial score (nSPS) is 13.7. The fraction of sp³-hybridized carbons (Fsp3) is 0.211. The Morgan fingerprint density at radius 2 is 1.86 bits per heavy atom. The van der Waals surface area contributed by atoms with E-state index in [9.17, 15) is 26.4 Å². The molecular formula is C19H15F3N2O4S. The second kappa shape index (κ2) is 7.67. The van der Waals surface area contributed by atoms with Crippen molar-refractivity contribution in [3.63, 3.8) is 0 Å². The van der Waals surface area contributed by atoms with E-state index in [1.165, 1.54) is 29.0 Å². The van der Waals surface area contributed by atoms with Crippen LogP contribution < -0.4 is 9.46 Å². The average molecular weight is 424 g/mol. The van der Waals surface area contributed by atoms with Gasteiger partial charge in [0.2, 0.25) is 0 Å². The molecule has 0 aliphatic carbocycles. The Labute approximate surface area is 165 Å². The van der Waals surface area contributed by atoms with Crippen LogP contribution in [0.25, 0.3) is 0 Å². The van der Waals surface area contributed by atoms with Gasteiger partial charge in [0.15, 0.2) is 0 Å². The van der Waals surface area contributed by atoms with Gasteiger partial charge in [-0.3, -0.25) is 9.52 Å². The first-order valence-electron chi connectivity index (χ1n) is 8.27. The van der Waals surface area contributed by atoms with E-state index in [1.54, 1.807) is 23.1 Å². The monoisotopic (exact) mass is 424 g/mol. The lowest BCUT2D eigenvalue weighted by Gasteiger charge is -2.16. The minimum atomic E-state index is -5.48. The fourth-order valence-electron chi connectivity index (χ4n) is 2.79. The van der Waals surface area contributed by atoms with Crippen molar-refractivity contribution in [1.29, 1.82) is 0 Å². The SMILES string of the molecule is C#CCOc1ccc2c(c1)C(=O)N(Cc1ccc(NS(=O)(=O)C(F)(F)F)cc1)C2. The van der Waals surface area contributed by atoms with Gasteiger partial charge in [0.1, 0.15) is 12.4 Å². The van der Waals surface area contributed by atoms with Crippen LogP contribution in [0, 0.1) is 12.3 Å². The number of hydrogen-bond donors (Lipinski definition) is 1. The van der Waals surface area contributed by atoms with Crippen LogP contribution in [0.2, 0.25) is 0 Å². The first-order chi connectivity index (χ1) is 13.6. The molecule has 0 bridgehead atoms. The molecule has 2 aromatic rings. The molecule has 0 radical (unpaired) electrons. The summed E-state index contributed by atoms with van der Waals surface area (Å²) in [5, 5.41) is 0. The summed E-state index contributed by atoms with van der Waals surface area (Å²) in [6.07, 6.45) is 5.15. The molecule has 1 heterocycles. The molecular weight excluding hydrogens is 409 g/mol. The van der Waals surface area contributed by atoms with E-state index in [0.29, 0.717) is 23.4 Å². The maximum Gasteiger partial charge on any atom is 0.516 e. The third kappa shape index (κ3) is 4.46. The third-order valence-electron chi connectivity index (χ3n) is 4.17. The molecule has 0 saturated heterocycles. The van der Waals surface area contributed by atoms with Crippen LogP contribution in [0.5, 0.6) is 5.75 Å². The van der Waals surface area contributed by atoms with E-state index in [2.05, 4.69) is 5.92 Å². The van der Waals surface area contributed by atoms with Crippen LogP contribution in [0.4, 0.5) is 18.9 Å². The Bertz CT molecular complexity index is 1070. The number of amides is 1. The molecule has 0 atom stereocenters. The Kier molecular flexibility index (Phi) is 5.44. The second-order valence-electron chi connectivity index (χ2n) is 6.22. The lowest BCUT2D eigenvalue weighted by molar-refractivity contribution is -0.0429. The van der Waals surface area contributed by atoms with Crippen molar-refractivity contribution in [2.45, 2.75) is 18.6 Å². The minimum Gasteiger partial charge on any atom is -0.481 e. The van der Waals surface area contributed by atoms with E-state index >= 15 is 0 Å². The van der Waals surface area contributed by atoms with Crippen molar-refractivity contribution in [3.05, 3.63) is 59.2 Å². The highest BCUT2D eigenvalue weighted by Crippen LogP contribution is 2.29. The molecule has 0 fully saturated rings. The molecule has 0 unspecified atom stereocenters. The van der Waals surface area contributed by atoms with Gasteiger partial charge in [0, 0.05) is 24.3 Å². The summed E-state index contributed by atoms with van der Waals surface area (Å²) < 4.78 is 66.3. The topological polar surface area (TPSA) is 75.7 Å². The predicted molar refractivity (Wildman–Crippen MR) is 99.4 cm³/mol. The number of benzene rings is 2. The quantitative estimate of drug-likeness (QED) is 0.723. The van der Waals surface area contributed by atoms with Gasteiger partial charge in [-0.15, -0.1) is 6.42 Å². The number of ether oxygens (including phenoxy) is 1. The number of fused-ring (bicyclic) bond motifs is 1.